The van der Waals surface area contributed by atoms with E-state index in [1.54, 1.807) is 45.2 Å². The Balaban J connectivity index is 2.21. The zero-order valence-electron chi connectivity index (χ0n) is 15.5. The summed E-state index contributed by atoms with van der Waals surface area (Å²) in [5, 5.41) is 16.7. The number of hydrogen-bond donors (Lipinski definition) is 2. The maximum Gasteiger partial charge on any atom is 0.269 e. The minimum atomic E-state index is -0.269. The number of aliphatic hydroxyl groups excluding tert-OH is 1. The molecule has 2 aromatic rings. The molecule has 2 N–H and O–H groups in total. The van der Waals surface area contributed by atoms with Gasteiger partial charge in [-0.05, 0) is 42.7 Å². The minimum absolute atomic E-state index is 0.0906. The minimum Gasteiger partial charge on any atom is -0.493 e. The van der Waals surface area contributed by atoms with Gasteiger partial charge < -0.3 is 19.9 Å². The summed E-state index contributed by atoms with van der Waals surface area (Å²) < 4.78 is 12.1. The molecule has 0 aliphatic rings. The molecule has 1 aromatic carbocycles. The van der Waals surface area contributed by atoms with Crippen LogP contribution in [0, 0.1) is 0 Å². The van der Waals surface area contributed by atoms with Gasteiger partial charge in [0, 0.05) is 12.6 Å². The average Bonchev–Trinajstić information content (AvgIpc) is 3.06. The molecule has 26 heavy (non-hydrogen) atoms. The summed E-state index contributed by atoms with van der Waals surface area (Å²) in [5.74, 6) is 1.84. The molecule has 0 fully saturated rings. The smallest absolute Gasteiger partial charge is 0.269 e. The summed E-state index contributed by atoms with van der Waals surface area (Å²) in [6.45, 7) is -0.0906. The number of amides is 1. The van der Waals surface area contributed by atoms with Crippen molar-refractivity contribution in [1.82, 2.24) is 15.1 Å². The lowest BCUT2D eigenvalue weighted by molar-refractivity contribution is 0.0906. The van der Waals surface area contributed by atoms with Gasteiger partial charge in [0.25, 0.3) is 5.91 Å². The lowest BCUT2D eigenvalue weighted by Crippen LogP contribution is -2.38. The lowest BCUT2D eigenvalue weighted by atomic mass is 10.1. The van der Waals surface area contributed by atoms with Crippen molar-refractivity contribution in [1.29, 1.82) is 0 Å². The maximum absolute atomic E-state index is 12.5. The van der Waals surface area contributed by atoms with Crippen molar-refractivity contribution in [3.63, 3.8) is 0 Å². The van der Waals surface area contributed by atoms with Crippen molar-refractivity contribution in [2.24, 2.45) is 7.05 Å². The molecule has 0 aliphatic heterocycles. The van der Waals surface area contributed by atoms with E-state index >= 15 is 0 Å². The van der Waals surface area contributed by atoms with Crippen LogP contribution in [0.1, 0.15) is 16.9 Å². The van der Waals surface area contributed by atoms with Gasteiger partial charge in [0.05, 0.1) is 32.6 Å². The van der Waals surface area contributed by atoms with Crippen molar-refractivity contribution < 1.29 is 19.4 Å². The number of carbonyl (C=O) groups is 1. The highest BCUT2D eigenvalue weighted by molar-refractivity contribution is 7.98. The zero-order valence-corrected chi connectivity index (χ0v) is 16.3. The van der Waals surface area contributed by atoms with Crippen LogP contribution >= 0.6 is 11.8 Å². The Bertz CT molecular complexity index is 748. The fraction of sp³-hybridized carbons (Fsp3) is 0.444. The molecule has 7 nitrogen and oxygen atoms in total. The van der Waals surface area contributed by atoms with Gasteiger partial charge in [0.2, 0.25) is 0 Å². The Kier molecular flexibility index (Phi) is 7.35. The summed E-state index contributed by atoms with van der Waals surface area (Å²) in [4.78, 5) is 12.5. The Hall–Kier alpha value is -2.19. The molecule has 8 heteroatoms. The van der Waals surface area contributed by atoms with Crippen LogP contribution in [-0.2, 0) is 7.05 Å². The van der Waals surface area contributed by atoms with Crippen LogP contribution in [0.4, 0.5) is 0 Å². The first kappa shape index (κ1) is 20.1. The highest BCUT2D eigenvalue weighted by Crippen LogP contribution is 2.31. The molecule has 142 valence electrons. The topological polar surface area (TPSA) is 85.6 Å². The fourth-order valence-electron chi connectivity index (χ4n) is 2.54. The number of thioether (sulfide) groups is 1. The molecule has 1 atom stereocenters. The van der Waals surface area contributed by atoms with Gasteiger partial charge in [-0.1, -0.05) is 0 Å². The summed E-state index contributed by atoms with van der Waals surface area (Å²) in [6, 6.07) is 6.93. The highest BCUT2D eigenvalue weighted by Gasteiger charge is 2.18. The standard InChI is InChI=1S/C18H25N3O4S/c1-21-15(18(23)19-13(11-22)7-8-26-4)10-14(20-21)12-5-6-16(24-2)17(9-12)25-3/h5-6,9-10,13,22H,7-8,11H2,1-4H3,(H,19,23). The normalized spacial score (nSPS) is 11.9. The monoisotopic (exact) mass is 379 g/mol. The third kappa shape index (κ3) is 4.70. The number of ether oxygens (including phenoxy) is 2. The number of benzene rings is 1. The van der Waals surface area contributed by atoms with Gasteiger partial charge in [0.15, 0.2) is 11.5 Å². The van der Waals surface area contributed by atoms with Gasteiger partial charge >= 0.3 is 0 Å². The van der Waals surface area contributed by atoms with Crippen LogP contribution in [0.2, 0.25) is 0 Å². The van der Waals surface area contributed by atoms with Gasteiger partial charge in [-0.3, -0.25) is 9.48 Å². The molecule has 0 saturated heterocycles. The predicted molar refractivity (Wildman–Crippen MR) is 103 cm³/mol. The van der Waals surface area contributed by atoms with Crippen LogP contribution in [0.15, 0.2) is 24.3 Å². The van der Waals surface area contributed by atoms with E-state index in [1.807, 2.05) is 18.4 Å². The van der Waals surface area contributed by atoms with E-state index in [1.165, 1.54) is 4.68 Å². The molecule has 1 aromatic heterocycles. The number of nitrogens with zero attached hydrogens (tertiary/aromatic N) is 2. The first-order valence-corrected chi connectivity index (χ1v) is 9.60. The second kappa shape index (κ2) is 9.49. The number of methoxy groups -OCH3 is 2. The van der Waals surface area contributed by atoms with Gasteiger partial charge in [-0.25, -0.2) is 0 Å². The Morgan fingerprint density at radius 3 is 2.65 bits per heavy atom. The van der Waals surface area contributed by atoms with Crippen molar-refractivity contribution in [2.45, 2.75) is 12.5 Å². The first-order valence-electron chi connectivity index (χ1n) is 8.21. The molecular formula is C18H25N3O4S. The Morgan fingerprint density at radius 2 is 2.04 bits per heavy atom. The molecule has 0 radical (unpaired) electrons. The van der Waals surface area contributed by atoms with E-state index < -0.39 is 0 Å². The van der Waals surface area contributed by atoms with Gasteiger partial charge in [0.1, 0.15) is 5.69 Å². The summed E-state index contributed by atoms with van der Waals surface area (Å²) in [7, 11) is 4.87. The average molecular weight is 379 g/mol. The SMILES string of the molecule is COc1ccc(-c2cc(C(=O)NC(CO)CCSC)n(C)n2)cc1OC. The second-order valence-electron chi connectivity index (χ2n) is 5.74. The Morgan fingerprint density at radius 1 is 1.31 bits per heavy atom. The van der Waals surface area contributed by atoms with E-state index in [9.17, 15) is 9.90 Å². The van der Waals surface area contributed by atoms with Crippen LogP contribution < -0.4 is 14.8 Å². The zero-order chi connectivity index (χ0) is 19.1. The molecule has 2 rings (SSSR count). The second-order valence-corrected chi connectivity index (χ2v) is 6.73. The summed E-state index contributed by atoms with van der Waals surface area (Å²) in [5.41, 5.74) is 1.90. The van der Waals surface area contributed by atoms with E-state index in [2.05, 4.69) is 10.4 Å². The molecule has 1 heterocycles. The third-order valence-corrected chi connectivity index (χ3v) is 4.66. The summed E-state index contributed by atoms with van der Waals surface area (Å²) in [6.07, 6.45) is 2.70. The third-order valence-electron chi connectivity index (χ3n) is 4.02. The Labute approximate surface area is 157 Å². The van der Waals surface area contributed by atoms with Crippen molar-refractivity contribution in [2.75, 3.05) is 32.8 Å². The number of nitrogens with one attached hydrogen (secondary N) is 1. The number of hydrogen-bond acceptors (Lipinski definition) is 6. The molecular weight excluding hydrogens is 354 g/mol. The van der Waals surface area contributed by atoms with E-state index in [-0.39, 0.29) is 18.6 Å². The molecule has 0 saturated carbocycles. The summed E-state index contributed by atoms with van der Waals surface area (Å²) >= 11 is 1.68. The number of rotatable bonds is 9. The van der Waals surface area contributed by atoms with Crippen molar-refractivity contribution in [3.05, 3.63) is 30.0 Å². The van der Waals surface area contributed by atoms with E-state index in [4.69, 9.17) is 9.47 Å². The number of carbonyl (C=O) groups excluding carboxylic acids is 1. The fourth-order valence-corrected chi connectivity index (χ4v) is 3.07. The number of aromatic nitrogens is 2. The molecule has 0 aliphatic carbocycles. The molecule has 1 unspecified atom stereocenters. The maximum atomic E-state index is 12.5. The lowest BCUT2D eigenvalue weighted by Gasteiger charge is -2.15. The largest absolute Gasteiger partial charge is 0.493 e. The van der Waals surface area contributed by atoms with Crippen LogP contribution in [0.3, 0.4) is 0 Å². The van der Waals surface area contributed by atoms with Gasteiger partial charge in [-0.2, -0.15) is 16.9 Å². The van der Waals surface area contributed by atoms with E-state index in [0.29, 0.717) is 29.3 Å². The van der Waals surface area contributed by atoms with E-state index in [0.717, 1.165) is 11.3 Å². The highest BCUT2D eigenvalue weighted by atomic mass is 32.2. The van der Waals surface area contributed by atoms with Crippen LogP contribution in [0.25, 0.3) is 11.3 Å². The molecule has 0 bridgehead atoms. The number of aliphatic hydroxyl groups is 1. The predicted octanol–water partition coefficient (Wildman–Crippen LogP) is 1.95. The van der Waals surface area contributed by atoms with Crippen LogP contribution in [-0.4, -0.2) is 59.7 Å². The molecule has 1 amide bonds. The molecule has 0 spiro atoms. The first-order chi connectivity index (χ1) is 12.5. The van der Waals surface area contributed by atoms with Crippen molar-refractivity contribution >= 4 is 17.7 Å². The van der Waals surface area contributed by atoms with Crippen molar-refractivity contribution in [3.8, 4) is 22.8 Å². The van der Waals surface area contributed by atoms with Crippen LogP contribution in [0.5, 0.6) is 11.5 Å². The quantitative estimate of drug-likeness (QED) is 0.693. The van der Waals surface area contributed by atoms with Gasteiger partial charge in [-0.15, -0.1) is 0 Å². The number of aryl methyl sites for hydroxylation is 1.